The Balaban J connectivity index is 1.49. The molecule has 4 rings (SSSR count). The molecule has 1 fully saturated rings. The van der Waals surface area contributed by atoms with Crippen LogP contribution in [0.25, 0.3) is 0 Å². The maximum absolute atomic E-state index is 12.8. The maximum Gasteiger partial charge on any atom is 0.496 e. The Hall–Kier alpha value is -3.15. The highest BCUT2D eigenvalue weighted by molar-refractivity contribution is 7.97. The second-order valence-electron chi connectivity index (χ2n) is 9.75. The molecule has 0 saturated carbocycles. The van der Waals surface area contributed by atoms with Gasteiger partial charge in [-0.1, -0.05) is 42.5 Å². The summed E-state index contributed by atoms with van der Waals surface area (Å²) in [5, 5.41) is 0. The van der Waals surface area contributed by atoms with Crippen molar-refractivity contribution >= 4 is 28.3 Å². The van der Waals surface area contributed by atoms with Crippen LogP contribution in [0.15, 0.2) is 78.9 Å². The first-order valence-corrected chi connectivity index (χ1v) is 13.4. The summed E-state index contributed by atoms with van der Waals surface area (Å²) in [6.07, 6.45) is -0.877. The van der Waals surface area contributed by atoms with Crippen molar-refractivity contribution in [3.63, 3.8) is 0 Å². The molecular weight excluding hydrogens is 520 g/mol. The second-order valence-corrected chi connectivity index (χ2v) is 11.6. The van der Waals surface area contributed by atoms with E-state index in [1.807, 2.05) is 70.2 Å². The molecule has 0 spiro atoms. The Morgan fingerprint density at radius 1 is 0.789 bits per heavy atom. The quantitative estimate of drug-likeness (QED) is 0.205. The van der Waals surface area contributed by atoms with Crippen LogP contribution in [0, 0.1) is 0 Å². The molecule has 202 valence electrons. The highest BCUT2D eigenvalue weighted by Gasteiger charge is 2.51. The van der Waals surface area contributed by atoms with E-state index in [4.69, 9.17) is 18.8 Å². The van der Waals surface area contributed by atoms with E-state index in [0.29, 0.717) is 17.1 Å². The van der Waals surface area contributed by atoms with Crippen molar-refractivity contribution in [1.29, 1.82) is 0 Å². The zero-order valence-electron chi connectivity index (χ0n) is 21.4. The van der Waals surface area contributed by atoms with Crippen LogP contribution in [-0.2, 0) is 19.1 Å². The van der Waals surface area contributed by atoms with E-state index < -0.39 is 39.9 Å². The van der Waals surface area contributed by atoms with Crippen LogP contribution in [0.4, 0.5) is 13.2 Å². The third kappa shape index (κ3) is 6.11. The molecule has 1 saturated heterocycles. The van der Waals surface area contributed by atoms with Crippen LogP contribution in [0.2, 0.25) is 0 Å². The van der Waals surface area contributed by atoms with Gasteiger partial charge in [-0.15, -0.1) is 0 Å². The molecule has 3 aromatic rings. The molecule has 38 heavy (non-hydrogen) atoms. The van der Waals surface area contributed by atoms with Crippen molar-refractivity contribution in [1.82, 2.24) is 0 Å². The van der Waals surface area contributed by atoms with Crippen molar-refractivity contribution in [2.24, 2.45) is 0 Å². The van der Waals surface area contributed by atoms with Gasteiger partial charge >= 0.3 is 12.6 Å². The lowest BCUT2D eigenvalue weighted by Crippen LogP contribution is -2.41. The topological polar surface area (TPSA) is 63.2 Å². The van der Waals surface area contributed by atoms with Crippen molar-refractivity contribution in [2.45, 2.75) is 50.7 Å². The summed E-state index contributed by atoms with van der Waals surface area (Å²) in [7, 11) is -5.29. The van der Waals surface area contributed by atoms with Crippen molar-refractivity contribution in [2.75, 3.05) is 0 Å². The van der Waals surface area contributed by atoms with Gasteiger partial charge in [0, 0.05) is 5.56 Å². The summed E-state index contributed by atoms with van der Waals surface area (Å²) in [6.45, 7) is 7.94. The molecule has 3 aromatic carbocycles. The van der Waals surface area contributed by atoms with Crippen LogP contribution in [0.5, 0.6) is 17.2 Å². The third-order valence-electron chi connectivity index (χ3n) is 6.37. The number of rotatable bonds is 8. The van der Waals surface area contributed by atoms with Gasteiger partial charge in [-0.25, -0.2) is 4.21 Å². The van der Waals surface area contributed by atoms with Gasteiger partial charge < -0.3 is 23.0 Å². The first-order valence-electron chi connectivity index (χ1n) is 11.7. The summed E-state index contributed by atoms with van der Waals surface area (Å²) in [6, 6.07) is 21.6. The molecule has 0 bridgehead atoms. The summed E-state index contributed by atoms with van der Waals surface area (Å²) in [5.74, 6) is 3.20. The molecule has 11 heteroatoms. The van der Waals surface area contributed by atoms with Crippen molar-refractivity contribution in [3.05, 3.63) is 84.4 Å². The van der Waals surface area contributed by atoms with Gasteiger partial charge in [0.1, 0.15) is 17.2 Å². The molecule has 2 unspecified atom stereocenters. The Kier molecular flexibility index (Phi) is 7.48. The standard InChI is InChI=1S/C27H28BF3O6S/c1-25(2)26(3,4)37-28(36-25)20-11-13-21(14-12-20)33-24(19-9-7-6-8-10-19)34-22-15-17-23(18-16-22)35-38(5,32)27(29,30)31/h6-18,24H,5H2,1-4H3. The lowest BCUT2D eigenvalue weighted by molar-refractivity contribution is -0.0447. The van der Waals surface area contributed by atoms with Crippen LogP contribution in [0.1, 0.15) is 39.5 Å². The van der Waals surface area contributed by atoms with E-state index in [-0.39, 0.29) is 5.75 Å². The minimum atomic E-state index is -5.09. The average Bonchev–Trinajstić information content (AvgIpc) is 3.06. The summed E-state index contributed by atoms with van der Waals surface area (Å²) < 4.78 is 79.0. The van der Waals surface area contributed by atoms with E-state index >= 15 is 0 Å². The highest BCUT2D eigenvalue weighted by atomic mass is 32.2. The van der Waals surface area contributed by atoms with Crippen LogP contribution < -0.4 is 19.1 Å². The van der Waals surface area contributed by atoms with E-state index in [9.17, 15) is 17.4 Å². The smallest absolute Gasteiger partial charge is 0.451 e. The van der Waals surface area contributed by atoms with E-state index in [2.05, 4.69) is 10.1 Å². The van der Waals surface area contributed by atoms with E-state index in [1.54, 1.807) is 12.1 Å². The van der Waals surface area contributed by atoms with Crippen LogP contribution >= 0.6 is 0 Å². The number of hydrogen-bond acceptors (Lipinski definition) is 6. The van der Waals surface area contributed by atoms with E-state index in [0.717, 1.165) is 5.46 Å². The number of benzene rings is 3. The fourth-order valence-corrected chi connectivity index (χ4v) is 3.99. The SMILES string of the molecule is C=S(=O)(Oc1ccc(OC(Oc2ccc(B3OC(C)(C)C(C)(C)O3)cc2)c2ccccc2)cc1)C(F)(F)F. The molecule has 1 heterocycles. The zero-order valence-corrected chi connectivity index (χ0v) is 22.2. The molecule has 0 aromatic heterocycles. The van der Waals surface area contributed by atoms with Gasteiger partial charge in [0.2, 0.25) is 9.80 Å². The van der Waals surface area contributed by atoms with Crippen LogP contribution in [0.3, 0.4) is 0 Å². The predicted molar refractivity (Wildman–Crippen MR) is 141 cm³/mol. The normalized spacial score (nSPS) is 18.9. The number of alkyl halides is 3. The fourth-order valence-electron chi connectivity index (χ4n) is 3.48. The van der Waals surface area contributed by atoms with Gasteiger partial charge in [0.05, 0.1) is 11.2 Å². The summed E-state index contributed by atoms with van der Waals surface area (Å²) in [5.41, 5.74) is -4.47. The minimum absolute atomic E-state index is 0.259. The van der Waals surface area contributed by atoms with Gasteiger partial charge in [-0.3, -0.25) is 0 Å². The summed E-state index contributed by atoms with van der Waals surface area (Å²) in [4.78, 5) is 0. The van der Waals surface area contributed by atoms with Crippen LogP contribution in [-0.4, -0.2) is 33.9 Å². The monoisotopic (exact) mass is 548 g/mol. The molecule has 0 N–H and O–H groups in total. The third-order valence-corrected chi connectivity index (χ3v) is 7.54. The Morgan fingerprint density at radius 3 is 1.71 bits per heavy atom. The maximum atomic E-state index is 12.8. The molecule has 0 aliphatic carbocycles. The van der Waals surface area contributed by atoms with Gasteiger partial charge in [0.15, 0.2) is 0 Å². The predicted octanol–water partition coefficient (Wildman–Crippen LogP) is 5.67. The molecule has 0 amide bonds. The molecule has 0 radical (unpaired) electrons. The molecule has 2 atom stereocenters. The molecule has 6 nitrogen and oxygen atoms in total. The van der Waals surface area contributed by atoms with Gasteiger partial charge in [0.25, 0.3) is 6.29 Å². The highest BCUT2D eigenvalue weighted by Crippen LogP contribution is 2.37. The lowest BCUT2D eigenvalue weighted by atomic mass is 9.79. The zero-order chi connectivity index (χ0) is 27.8. The molecule has 1 aliphatic rings. The molecule has 1 aliphatic heterocycles. The summed E-state index contributed by atoms with van der Waals surface area (Å²) >= 11 is 0. The number of hydrogen-bond donors (Lipinski definition) is 0. The van der Waals surface area contributed by atoms with E-state index in [1.165, 1.54) is 24.3 Å². The van der Waals surface area contributed by atoms with Gasteiger partial charge in [-0.2, -0.15) is 13.2 Å². The Bertz CT molecular complexity index is 1330. The average molecular weight is 548 g/mol. The van der Waals surface area contributed by atoms with Crippen molar-refractivity contribution in [3.8, 4) is 17.2 Å². The van der Waals surface area contributed by atoms with Gasteiger partial charge in [-0.05, 0) is 75.4 Å². The lowest BCUT2D eigenvalue weighted by Gasteiger charge is -2.32. The minimum Gasteiger partial charge on any atom is -0.451 e. The first kappa shape index (κ1) is 27.9. The Morgan fingerprint density at radius 2 is 1.24 bits per heavy atom. The largest absolute Gasteiger partial charge is 0.496 e. The second kappa shape index (κ2) is 10.2. The van der Waals surface area contributed by atoms with Crippen molar-refractivity contribution < 1.29 is 40.3 Å². The Labute approximate surface area is 221 Å². The first-order chi connectivity index (χ1) is 17.7. The number of halogens is 3. The fraction of sp³-hybridized carbons (Fsp3) is 0.296. The molecular formula is C27H28BF3O6S. The number of ether oxygens (including phenoxy) is 2.